The van der Waals surface area contributed by atoms with Crippen molar-refractivity contribution in [1.82, 2.24) is 14.7 Å². The lowest BCUT2D eigenvalue weighted by molar-refractivity contribution is -0.384. The van der Waals surface area contributed by atoms with Crippen molar-refractivity contribution < 1.29 is 14.5 Å². The van der Waals surface area contributed by atoms with E-state index in [0.717, 1.165) is 0 Å². The molecule has 1 unspecified atom stereocenters. The normalized spacial score (nSPS) is 15.6. The van der Waals surface area contributed by atoms with Crippen LogP contribution in [0.3, 0.4) is 0 Å². The molecule has 1 aromatic heterocycles. The number of halogens is 2. The number of anilines is 1. The van der Waals surface area contributed by atoms with Gasteiger partial charge in [-0.25, -0.2) is 4.68 Å². The minimum atomic E-state index is -0.648. The number of likely N-dealkylation sites (tertiary alicyclic amines) is 1. The van der Waals surface area contributed by atoms with Gasteiger partial charge in [-0.15, -0.1) is 0 Å². The van der Waals surface area contributed by atoms with Crippen LogP contribution < -0.4 is 5.32 Å². The highest BCUT2D eigenvalue weighted by molar-refractivity contribution is 6.35. The number of nitrogens with one attached hydrogen (secondary N) is 1. The molecule has 1 fully saturated rings. The fourth-order valence-electron chi connectivity index (χ4n) is 3.59. The third-order valence-corrected chi connectivity index (χ3v) is 5.52. The largest absolute Gasteiger partial charge is 0.325 e. The van der Waals surface area contributed by atoms with Gasteiger partial charge >= 0.3 is 0 Å². The van der Waals surface area contributed by atoms with Crippen LogP contribution in [-0.4, -0.2) is 44.0 Å². The minimum absolute atomic E-state index is 0.0379. The smallest absolute Gasteiger partial charge is 0.275 e. The van der Waals surface area contributed by atoms with E-state index >= 15 is 0 Å². The number of nitrogens with zero attached hydrogens (tertiary/aromatic N) is 4. The summed E-state index contributed by atoms with van der Waals surface area (Å²) < 4.78 is 1.45. The second-order valence-electron chi connectivity index (χ2n) is 7.22. The molecule has 2 aromatic carbocycles. The van der Waals surface area contributed by atoms with Gasteiger partial charge in [0.15, 0.2) is 5.69 Å². The predicted octanol–water partition coefficient (Wildman–Crippen LogP) is 4.33. The summed E-state index contributed by atoms with van der Waals surface area (Å²) in [5.41, 5.74) is 1.16. The van der Waals surface area contributed by atoms with Crippen molar-refractivity contribution in [2.24, 2.45) is 0 Å². The zero-order valence-corrected chi connectivity index (χ0v) is 18.1. The van der Waals surface area contributed by atoms with Gasteiger partial charge in [-0.05, 0) is 49.2 Å². The molecule has 1 atom stereocenters. The standard InChI is InChI=1S/C21H17Cl2N5O4/c22-13-10-14(23)12-15(11-13)24-20(29)19-2-1-8-26(19)21(30)18-7-9-27(25-18)16-3-5-17(6-4-16)28(31)32/h3-7,9-12,19H,1-2,8H2,(H,24,29). The molecule has 3 aromatic rings. The maximum Gasteiger partial charge on any atom is 0.275 e. The summed E-state index contributed by atoms with van der Waals surface area (Å²) in [6, 6.07) is 11.4. The topological polar surface area (TPSA) is 110 Å². The third kappa shape index (κ3) is 4.58. The van der Waals surface area contributed by atoms with E-state index < -0.39 is 11.0 Å². The summed E-state index contributed by atoms with van der Waals surface area (Å²) in [6.07, 6.45) is 2.80. The van der Waals surface area contributed by atoms with Crippen LogP contribution in [0.25, 0.3) is 5.69 Å². The maximum absolute atomic E-state index is 13.0. The van der Waals surface area contributed by atoms with Crippen molar-refractivity contribution in [2.75, 3.05) is 11.9 Å². The van der Waals surface area contributed by atoms with Crippen LogP contribution in [0.2, 0.25) is 10.0 Å². The number of carbonyl (C=O) groups excluding carboxylic acids is 2. The van der Waals surface area contributed by atoms with E-state index in [-0.39, 0.29) is 23.2 Å². The molecule has 1 aliphatic heterocycles. The summed E-state index contributed by atoms with van der Waals surface area (Å²) in [7, 11) is 0. The van der Waals surface area contributed by atoms with Crippen molar-refractivity contribution >= 4 is 46.4 Å². The fraction of sp³-hybridized carbons (Fsp3) is 0.190. The number of rotatable bonds is 5. The van der Waals surface area contributed by atoms with E-state index in [1.807, 2.05) is 0 Å². The lowest BCUT2D eigenvalue weighted by atomic mass is 10.2. The van der Waals surface area contributed by atoms with Gasteiger partial charge in [-0.3, -0.25) is 19.7 Å². The molecule has 11 heteroatoms. The first-order chi connectivity index (χ1) is 15.3. The lowest BCUT2D eigenvalue weighted by Gasteiger charge is -2.23. The number of nitro benzene ring substituents is 1. The molecule has 0 radical (unpaired) electrons. The number of nitro groups is 1. The first kappa shape index (κ1) is 21.8. The summed E-state index contributed by atoms with van der Waals surface area (Å²) in [6.45, 7) is 0.428. The fourth-order valence-corrected chi connectivity index (χ4v) is 4.12. The molecule has 1 aliphatic rings. The summed E-state index contributed by atoms with van der Waals surface area (Å²) in [4.78, 5) is 37.7. The summed E-state index contributed by atoms with van der Waals surface area (Å²) >= 11 is 12.0. The molecule has 2 heterocycles. The van der Waals surface area contributed by atoms with E-state index in [2.05, 4.69) is 10.4 Å². The highest BCUT2D eigenvalue weighted by atomic mass is 35.5. The molecule has 4 rings (SSSR count). The van der Waals surface area contributed by atoms with Gasteiger partial charge in [0.1, 0.15) is 6.04 Å². The monoisotopic (exact) mass is 473 g/mol. The van der Waals surface area contributed by atoms with Crippen LogP contribution in [0.5, 0.6) is 0 Å². The van der Waals surface area contributed by atoms with E-state index in [1.54, 1.807) is 42.6 Å². The Labute approximate surface area is 192 Å². The van der Waals surface area contributed by atoms with Gasteiger partial charge in [0, 0.05) is 40.6 Å². The molecule has 32 heavy (non-hydrogen) atoms. The van der Waals surface area contributed by atoms with Crippen molar-refractivity contribution in [3.63, 3.8) is 0 Å². The van der Waals surface area contributed by atoms with Crippen LogP contribution in [-0.2, 0) is 4.79 Å². The number of hydrogen-bond donors (Lipinski definition) is 1. The predicted molar refractivity (Wildman–Crippen MR) is 119 cm³/mol. The van der Waals surface area contributed by atoms with Gasteiger partial charge in [0.25, 0.3) is 11.6 Å². The maximum atomic E-state index is 13.0. The average molecular weight is 474 g/mol. The molecule has 0 spiro atoms. The van der Waals surface area contributed by atoms with Crippen molar-refractivity contribution in [2.45, 2.75) is 18.9 Å². The van der Waals surface area contributed by atoms with E-state index in [4.69, 9.17) is 23.2 Å². The molecule has 0 aliphatic carbocycles. The Morgan fingerprint density at radius 3 is 2.44 bits per heavy atom. The first-order valence-electron chi connectivity index (χ1n) is 9.70. The number of carbonyl (C=O) groups is 2. The van der Waals surface area contributed by atoms with Gasteiger partial charge < -0.3 is 10.2 Å². The van der Waals surface area contributed by atoms with Crippen LogP contribution in [0, 0.1) is 10.1 Å². The molecule has 164 valence electrons. The van der Waals surface area contributed by atoms with Gasteiger partial charge in [-0.1, -0.05) is 23.2 Å². The second-order valence-corrected chi connectivity index (χ2v) is 8.10. The number of non-ortho nitro benzene ring substituents is 1. The van der Waals surface area contributed by atoms with E-state index in [1.165, 1.54) is 21.7 Å². The molecule has 0 bridgehead atoms. The molecule has 9 nitrogen and oxygen atoms in total. The Bertz CT molecular complexity index is 1170. The molecular weight excluding hydrogens is 457 g/mol. The zero-order valence-electron chi connectivity index (χ0n) is 16.6. The van der Waals surface area contributed by atoms with Crippen LogP contribution in [0.4, 0.5) is 11.4 Å². The molecule has 0 saturated carbocycles. The van der Waals surface area contributed by atoms with Crippen LogP contribution in [0.15, 0.2) is 54.7 Å². The Morgan fingerprint density at radius 2 is 1.78 bits per heavy atom. The average Bonchev–Trinajstić information content (AvgIpc) is 3.43. The summed E-state index contributed by atoms with van der Waals surface area (Å²) in [5.74, 6) is -0.698. The minimum Gasteiger partial charge on any atom is -0.325 e. The third-order valence-electron chi connectivity index (χ3n) is 5.08. The van der Waals surface area contributed by atoms with Crippen LogP contribution >= 0.6 is 23.2 Å². The van der Waals surface area contributed by atoms with E-state index in [0.29, 0.717) is 40.8 Å². The number of aromatic nitrogens is 2. The highest BCUT2D eigenvalue weighted by Crippen LogP contribution is 2.25. The Hall–Kier alpha value is -3.43. The van der Waals surface area contributed by atoms with Gasteiger partial charge in [-0.2, -0.15) is 5.10 Å². The SMILES string of the molecule is O=C(Nc1cc(Cl)cc(Cl)c1)C1CCCN1C(=O)c1ccn(-c2ccc([N+](=O)[O-])cc2)n1. The Morgan fingerprint density at radius 1 is 1.09 bits per heavy atom. The molecule has 1 saturated heterocycles. The van der Waals surface area contributed by atoms with Crippen molar-refractivity contribution in [3.8, 4) is 5.69 Å². The quantitative estimate of drug-likeness (QED) is 0.437. The van der Waals surface area contributed by atoms with Crippen LogP contribution in [0.1, 0.15) is 23.3 Å². The van der Waals surface area contributed by atoms with Crippen molar-refractivity contribution in [1.29, 1.82) is 0 Å². The van der Waals surface area contributed by atoms with Crippen molar-refractivity contribution in [3.05, 3.63) is 80.6 Å². The van der Waals surface area contributed by atoms with Gasteiger partial charge in [0.2, 0.25) is 5.91 Å². The zero-order chi connectivity index (χ0) is 22.8. The van der Waals surface area contributed by atoms with E-state index in [9.17, 15) is 19.7 Å². The molecular formula is C21H17Cl2N5O4. The molecule has 1 N–H and O–H groups in total. The Kier molecular flexibility index (Phi) is 6.11. The number of amides is 2. The highest BCUT2D eigenvalue weighted by Gasteiger charge is 2.35. The number of benzene rings is 2. The first-order valence-corrected chi connectivity index (χ1v) is 10.5. The number of hydrogen-bond acceptors (Lipinski definition) is 5. The Balaban J connectivity index is 1.48. The van der Waals surface area contributed by atoms with Gasteiger partial charge in [0.05, 0.1) is 10.6 Å². The lowest BCUT2D eigenvalue weighted by Crippen LogP contribution is -2.43. The second kappa shape index (κ2) is 8.97. The summed E-state index contributed by atoms with van der Waals surface area (Å²) in [5, 5.41) is 18.7. The molecule has 2 amide bonds.